The molecule has 0 spiro atoms. The minimum atomic E-state index is -1.27. The minimum Gasteiger partial charge on any atom is -0.459 e. The van der Waals surface area contributed by atoms with Crippen LogP contribution in [-0.2, 0) is 42.7 Å². The lowest BCUT2D eigenvalue weighted by Gasteiger charge is -2.64. The maximum Gasteiger partial charge on any atom is 0.303 e. The predicted octanol–water partition coefficient (Wildman–Crippen LogP) is 3.21. The number of methoxy groups -OCH3 is 2. The third-order valence-electron chi connectivity index (χ3n) is 13.6. The molecule has 5 fully saturated rings. The standard InChI is InChI=1S/C37H58O12/c1-18(38)24-12-14-37(42)25-10-9-22-15-23(11-13-35(22,5)30(25)33(47-21(4)39)34(41)36(24,37)6)48-28-17-27(44-8)32(20(3)46-28)49-29-16-26(43-7)31(40)19(2)45-29/h9,19-20,23-34,40-42H,10-17H2,1-8H3/t19-,20-,23+,24+,25+,26-,27-,28+,29+,30-,31-,32-,33+,34-,35+,36+,37+/m1/s1. The van der Waals surface area contributed by atoms with Crippen molar-refractivity contribution in [2.45, 2.75) is 166 Å². The van der Waals surface area contributed by atoms with Crippen molar-refractivity contribution in [2.75, 3.05) is 14.2 Å². The van der Waals surface area contributed by atoms with Crippen molar-refractivity contribution in [3.05, 3.63) is 11.6 Å². The fourth-order valence-electron chi connectivity index (χ4n) is 11.0. The molecule has 0 aromatic carbocycles. The maximum atomic E-state index is 12.8. The summed E-state index contributed by atoms with van der Waals surface area (Å²) in [4.78, 5) is 25.3. The normalized spacial score (nSPS) is 51.2. The number of hydrogen-bond acceptors (Lipinski definition) is 12. The summed E-state index contributed by atoms with van der Waals surface area (Å²) in [6, 6.07) is 0. The summed E-state index contributed by atoms with van der Waals surface area (Å²) in [7, 11) is 3.22. The van der Waals surface area contributed by atoms with E-state index in [9.17, 15) is 24.9 Å². The molecule has 0 aromatic rings. The number of Topliss-reactive ketones (excluding diaryl/α,β-unsaturated/α-hetero) is 1. The van der Waals surface area contributed by atoms with Gasteiger partial charge >= 0.3 is 5.97 Å². The third-order valence-corrected chi connectivity index (χ3v) is 13.6. The van der Waals surface area contributed by atoms with Gasteiger partial charge in [0.1, 0.15) is 30.2 Å². The number of esters is 1. The number of fused-ring (bicyclic) bond motifs is 5. The fraction of sp³-hybridized carbons (Fsp3) is 0.892. The van der Waals surface area contributed by atoms with Gasteiger partial charge < -0.3 is 48.5 Å². The first kappa shape index (κ1) is 37.3. The Morgan fingerprint density at radius 1 is 0.898 bits per heavy atom. The molecule has 3 saturated carbocycles. The van der Waals surface area contributed by atoms with Gasteiger partial charge in [0.15, 0.2) is 12.6 Å². The summed E-state index contributed by atoms with van der Waals surface area (Å²) >= 11 is 0. The van der Waals surface area contributed by atoms with Crippen LogP contribution in [0.25, 0.3) is 0 Å². The van der Waals surface area contributed by atoms with Crippen molar-refractivity contribution in [3.63, 3.8) is 0 Å². The van der Waals surface area contributed by atoms with Gasteiger partial charge in [0.2, 0.25) is 0 Å². The van der Waals surface area contributed by atoms with Crippen LogP contribution in [0.3, 0.4) is 0 Å². The zero-order valence-corrected chi connectivity index (χ0v) is 30.3. The molecule has 2 saturated heterocycles. The van der Waals surface area contributed by atoms with E-state index >= 15 is 0 Å². The van der Waals surface area contributed by atoms with Crippen molar-refractivity contribution < 1.29 is 58.1 Å². The average Bonchev–Trinajstić information content (AvgIpc) is 3.34. The number of aliphatic hydroxyl groups is 3. The van der Waals surface area contributed by atoms with Gasteiger partial charge in [-0.15, -0.1) is 0 Å². The van der Waals surface area contributed by atoms with Gasteiger partial charge in [-0.1, -0.05) is 25.5 Å². The van der Waals surface area contributed by atoms with E-state index in [1.54, 1.807) is 21.1 Å². The van der Waals surface area contributed by atoms with Crippen LogP contribution in [0, 0.1) is 28.6 Å². The van der Waals surface area contributed by atoms with Crippen LogP contribution in [0.5, 0.6) is 0 Å². The zero-order chi connectivity index (χ0) is 35.6. The minimum absolute atomic E-state index is 0.0576. The number of ether oxygens (including phenoxy) is 7. The van der Waals surface area contributed by atoms with Crippen LogP contribution in [0.1, 0.15) is 92.9 Å². The molecule has 6 aliphatic rings. The van der Waals surface area contributed by atoms with E-state index in [0.29, 0.717) is 51.4 Å². The van der Waals surface area contributed by atoms with Crippen molar-refractivity contribution >= 4 is 11.8 Å². The number of allylic oxidation sites excluding steroid dienone is 1. The Labute approximate surface area is 290 Å². The Balaban J connectivity index is 1.16. The predicted molar refractivity (Wildman–Crippen MR) is 175 cm³/mol. The van der Waals surface area contributed by atoms with Gasteiger partial charge in [-0.3, -0.25) is 9.59 Å². The molecule has 3 N–H and O–H groups in total. The number of carbonyl (C=O) groups is 2. The van der Waals surface area contributed by atoms with Gasteiger partial charge in [-0.25, -0.2) is 0 Å². The van der Waals surface area contributed by atoms with E-state index in [1.807, 2.05) is 13.8 Å². The first-order chi connectivity index (χ1) is 23.1. The smallest absolute Gasteiger partial charge is 0.303 e. The molecule has 0 bridgehead atoms. The number of ketones is 1. The summed E-state index contributed by atoms with van der Waals surface area (Å²) in [5, 5.41) is 34.8. The molecular weight excluding hydrogens is 636 g/mol. The van der Waals surface area contributed by atoms with Crippen molar-refractivity contribution in [1.82, 2.24) is 0 Å². The summed E-state index contributed by atoms with van der Waals surface area (Å²) in [6.45, 7) is 10.6. The van der Waals surface area contributed by atoms with Crippen molar-refractivity contribution in [1.29, 1.82) is 0 Å². The molecule has 4 aliphatic carbocycles. The van der Waals surface area contributed by atoms with Gasteiger partial charge in [-0.05, 0) is 70.6 Å². The number of carbonyl (C=O) groups excluding carboxylic acids is 2. The largest absolute Gasteiger partial charge is 0.459 e. The molecule has 0 amide bonds. The topological polar surface area (TPSA) is 159 Å². The highest BCUT2D eigenvalue weighted by atomic mass is 16.7. The van der Waals surface area contributed by atoms with Crippen LogP contribution in [0.4, 0.5) is 0 Å². The molecule has 2 heterocycles. The van der Waals surface area contributed by atoms with E-state index < -0.39 is 77.5 Å². The summed E-state index contributed by atoms with van der Waals surface area (Å²) in [6.07, 6.45) is 0.753. The van der Waals surface area contributed by atoms with E-state index in [2.05, 4.69) is 13.0 Å². The summed E-state index contributed by atoms with van der Waals surface area (Å²) < 4.78 is 42.6. The Kier molecular flexibility index (Phi) is 10.5. The molecule has 49 heavy (non-hydrogen) atoms. The van der Waals surface area contributed by atoms with Gasteiger partial charge in [-0.2, -0.15) is 0 Å². The lowest BCUT2D eigenvalue weighted by Crippen LogP contribution is -2.72. The van der Waals surface area contributed by atoms with Crippen LogP contribution >= 0.6 is 0 Å². The van der Waals surface area contributed by atoms with Crippen LogP contribution in [0.2, 0.25) is 0 Å². The number of aliphatic hydroxyl groups excluding tert-OH is 2. The molecule has 12 nitrogen and oxygen atoms in total. The molecule has 0 unspecified atom stereocenters. The van der Waals surface area contributed by atoms with Gasteiger partial charge in [0.25, 0.3) is 0 Å². The van der Waals surface area contributed by atoms with Crippen LogP contribution in [-0.4, -0.2) is 114 Å². The lowest BCUT2D eigenvalue weighted by atomic mass is 9.44. The Morgan fingerprint density at radius 2 is 1.55 bits per heavy atom. The molecule has 17 atom stereocenters. The van der Waals surface area contributed by atoms with Gasteiger partial charge in [0, 0.05) is 51.2 Å². The van der Waals surface area contributed by atoms with Crippen LogP contribution in [0.15, 0.2) is 11.6 Å². The summed E-state index contributed by atoms with van der Waals surface area (Å²) in [5.74, 6) is -1.65. The Hall–Kier alpha value is -1.48. The van der Waals surface area contributed by atoms with Crippen molar-refractivity contribution in [3.8, 4) is 0 Å². The first-order valence-corrected chi connectivity index (χ1v) is 18.2. The number of rotatable bonds is 8. The third kappa shape index (κ3) is 6.14. The first-order valence-electron chi connectivity index (χ1n) is 18.2. The molecule has 6 rings (SSSR count). The Morgan fingerprint density at radius 3 is 2.20 bits per heavy atom. The quantitative estimate of drug-likeness (QED) is 0.252. The number of hydrogen-bond donors (Lipinski definition) is 3. The molecule has 2 aliphatic heterocycles. The molecule has 12 heteroatoms. The molecule has 278 valence electrons. The van der Waals surface area contributed by atoms with E-state index in [1.165, 1.54) is 19.4 Å². The second-order valence-electron chi connectivity index (χ2n) is 16.1. The fourth-order valence-corrected chi connectivity index (χ4v) is 11.0. The van der Waals surface area contributed by atoms with Crippen LogP contribution < -0.4 is 0 Å². The van der Waals surface area contributed by atoms with E-state index in [0.717, 1.165) is 0 Å². The van der Waals surface area contributed by atoms with Gasteiger partial charge in [0.05, 0.1) is 36.1 Å². The van der Waals surface area contributed by atoms with Crippen molar-refractivity contribution in [2.24, 2.45) is 28.6 Å². The zero-order valence-electron chi connectivity index (χ0n) is 30.3. The average molecular weight is 695 g/mol. The lowest BCUT2D eigenvalue weighted by molar-refractivity contribution is -0.320. The van der Waals surface area contributed by atoms with E-state index in [-0.39, 0.29) is 35.9 Å². The second-order valence-corrected chi connectivity index (χ2v) is 16.1. The molecule has 0 radical (unpaired) electrons. The highest BCUT2D eigenvalue weighted by molar-refractivity contribution is 5.80. The summed E-state index contributed by atoms with van der Waals surface area (Å²) in [5.41, 5.74) is -1.67. The second kappa shape index (κ2) is 13.8. The SMILES string of the molecule is CO[C@@H]1C[C@H](O[C@@H]2[C@@H](C)O[C@@H](O[C@H]3CC[C@@]4(C)C(=CC[C@H]5[C@@H]4[C@H](OC(C)=O)[C@@H](O)[C@]4(C)[C@H](C(C)=O)CC[C@]54O)C3)C[C@H]2OC)O[C@H](C)[C@H]1O. The molecule has 0 aromatic heterocycles. The highest BCUT2D eigenvalue weighted by Gasteiger charge is 2.74. The Bertz CT molecular complexity index is 1270. The molecular formula is C37H58O12. The highest BCUT2D eigenvalue weighted by Crippen LogP contribution is 2.68. The van der Waals surface area contributed by atoms with E-state index in [4.69, 9.17) is 33.2 Å². The maximum absolute atomic E-state index is 12.8. The monoisotopic (exact) mass is 694 g/mol.